The summed E-state index contributed by atoms with van der Waals surface area (Å²) in [6.07, 6.45) is 4.46. The van der Waals surface area contributed by atoms with Crippen LogP contribution in [0.15, 0.2) is 18.2 Å². The molecule has 0 aliphatic heterocycles. The predicted octanol–water partition coefficient (Wildman–Crippen LogP) is 2.04. The van der Waals surface area contributed by atoms with Gasteiger partial charge in [-0.25, -0.2) is 0 Å². The highest BCUT2D eigenvalue weighted by atomic mass is 16.4. The van der Waals surface area contributed by atoms with E-state index in [0.29, 0.717) is 18.5 Å². The molecule has 0 saturated heterocycles. The Morgan fingerprint density at radius 1 is 1.05 bits per heavy atom. The van der Waals surface area contributed by atoms with E-state index in [4.69, 9.17) is 10.2 Å². The Morgan fingerprint density at radius 2 is 1.73 bits per heavy atom. The third-order valence-electron chi connectivity index (χ3n) is 3.34. The molecule has 0 fully saturated rings. The molecule has 0 atom stereocenters. The molecule has 0 radical (unpaired) electrons. The first-order chi connectivity index (χ1) is 10.5. The second kappa shape index (κ2) is 9.78. The average Bonchev–Trinajstić information content (AvgIpc) is 2.49. The van der Waals surface area contributed by atoms with Gasteiger partial charge < -0.3 is 20.6 Å². The lowest BCUT2D eigenvalue weighted by Crippen LogP contribution is -2.24. The van der Waals surface area contributed by atoms with Gasteiger partial charge in [0.25, 0.3) is 5.91 Å². The zero-order valence-electron chi connectivity index (χ0n) is 12.5. The van der Waals surface area contributed by atoms with Crippen LogP contribution in [0.3, 0.4) is 0 Å². The minimum atomic E-state index is -0.765. The van der Waals surface area contributed by atoms with Crippen molar-refractivity contribution in [1.29, 1.82) is 0 Å². The topological polar surface area (TPSA) is 107 Å². The fourth-order valence-electron chi connectivity index (χ4n) is 2.10. The number of benzene rings is 1. The van der Waals surface area contributed by atoms with Crippen LogP contribution in [0.5, 0.6) is 5.75 Å². The van der Waals surface area contributed by atoms with Crippen molar-refractivity contribution in [1.82, 2.24) is 5.32 Å². The predicted molar refractivity (Wildman–Crippen MR) is 81.7 cm³/mol. The van der Waals surface area contributed by atoms with Gasteiger partial charge in [-0.05, 0) is 30.5 Å². The standard InChI is InChI=1S/C16H23NO5/c18-11-12-7-8-13(14(19)10-12)16(22)17-9-5-3-1-2-4-6-15(20)21/h7-8,10,18-19H,1-6,9,11H2,(H,17,22)(H,20,21). The molecule has 6 nitrogen and oxygen atoms in total. The summed E-state index contributed by atoms with van der Waals surface area (Å²) in [5.74, 6) is -1.25. The molecule has 1 rings (SSSR count). The zero-order chi connectivity index (χ0) is 16.4. The summed E-state index contributed by atoms with van der Waals surface area (Å²) in [6, 6.07) is 4.45. The van der Waals surface area contributed by atoms with E-state index in [-0.39, 0.29) is 30.2 Å². The first-order valence-corrected chi connectivity index (χ1v) is 7.47. The second-order valence-electron chi connectivity index (χ2n) is 5.18. The number of aromatic hydroxyl groups is 1. The lowest BCUT2D eigenvalue weighted by Gasteiger charge is -2.08. The van der Waals surface area contributed by atoms with Gasteiger partial charge in [0.15, 0.2) is 0 Å². The molecule has 0 bridgehead atoms. The molecule has 22 heavy (non-hydrogen) atoms. The fraction of sp³-hybridized carbons (Fsp3) is 0.500. The monoisotopic (exact) mass is 309 g/mol. The van der Waals surface area contributed by atoms with Gasteiger partial charge in [-0.1, -0.05) is 25.3 Å². The SMILES string of the molecule is O=C(O)CCCCCCCNC(=O)c1ccc(CO)cc1O. The van der Waals surface area contributed by atoms with Crippen LogP contribution < -0.4 is 5.32 Å². The molecule has 1 aromatic rings. The maximum atomic E-state index is 11.9. The number of hydrogen-bond donors (Lipinski definition) is 4. The average molecular weight is 309 g/mol. The van der Waals surface area contributed by atoms with Crippen molar-refractivity contribution in [3.05, 3.63) is 29.3 Å². The van der Waals surface area contributed by atoms with Crippen LogP contribution in [0, 0.1) is 0 Å². The van der Waals surface area contributed by atoms with E-state index >= 15 is 0 Å². The summed E-state index contributed by atoms with van der Waals surface area (Å²) in [7, 11) is 0. The molecular weight excluding hydrogens is 286 g/mol. The van der Waals surface area contributed by atoms with Crippen LogP contribution in [-0.4, -0.2) is 33.7 Å². The number of hydrogen-bond acceptors (Lipinski definition) is 4. The van der Waals surface area contributed by atoms with E-state index in [9.17, 15) is 14.7 Å². The van der Waals surface area contributed by atoms with Gasteiger partial charge in [0.1, 0.15) is 5.75 Å². The number of amides is 1. The number of aliphatic carboxylic acids is 1. The number of phenolic OH excluding ortho intramolecular Hbond substituents is 1. The summed E-state index contributed by atoms with van der Waals surface area (Å²) in [5, 5.41) is 29.9. The van der Waals surface area contributed by atoms with Crippen molar-refractivity contribution in [2.45, 2.75) is 45.1 Å². The molecule has 4 N–H and O–H groups in total. The highest BCUT2D eigenvalue weighted by Gasteiger charge is 2.10. The van der Waals surface area contributed by atoms with Gasteiger partial charge in [0, 0.05) is 13.0 Å². The highest BCUT2D eigenvalue weighted by Crippen LogP contribution is 2.18. The normalized spacial score (nSPS) is 10.4. The zero-order valence-corrected chi connectivity index (χ0v) is 12.5. The van der Waals surface area contributed by atoms with Crippen LogP contribution in [0.2, 0.25) is 0 Å². The Labute approximate surface area is 129 Å². The third kappa shape index (κ3) is 6.58. The van der Waals surface area contributed by atoms with Gasteiger partial charge in [-0.3, -0.25) is 9.59 Å². The highest BCUT2D eigenvalue weighted by molar-refractivity contribution is 5.96. The van der Waals surface area contributed by atoms with Crippen molar-refractivity contribution in [3.63, 3.8) is 0 Å². The molecule has 0 saturated carbocycles. The summed E-state index contributed by atoms with van der Waals surface area (Å²) < 4.78 is 0. The van der Waals surface area contributed by atoms with Crippen molar-refractivity contribution < 1.29 is 24.9 Å². The quantitative estimate of drug-likeness (QED) is 0.495. The van der Waals surface area contributed by atoms with Crippen LogP contribution in [0.25, 0.3) is 0 Å². The molecule has 122 valence electrons. The van der Waals surface area contributed by atoms with Gasteiger partial charge in [0.05, 0.1) is 12.2 Å². The largest absolute Gasteiger partial charge is 0.507 e. The number of nitrogens with one attached hydrogen (secondary N) is 1. The number of aliphatic hydroxyl groups is 1. The van der Waals surface area contributed by atoms with E-state index in [1.807, 2.05) is 0 Å². The molecule has 0 spiro atoms. The molecule has 1 aromatic carbocycles. The Morgan fingerprint density at radius 3 is 2.36 bits per heavy atom. The Hall–Kier alpha value is -2.08. The van der Waals surface area contributed by atoms with Crippen LogP contribution >= 0.6 is 0 Å². The van der Waals surface area contributed by atoms with Gasteiger partial charge in [-0.2, -0.15) is 0 Å². The van der Waals surface area contributed by atoms with Gasteiger partial charge >= 0.3 is 5.97 Å². The van der Waals surface area contributed by atoms with Crippen LogP contribution in [0.4, 0.5) is 0 Å². The van der Waals surface area contributed by atoms with Crippen LogP contribution in [-0.2, 0) is 11.4 Å². The van der Waals surface area contributed by atoms with E-state index in [1.165, 1.54) is 12.1 Å². The number of carboxylic acids is 1. The maximum Gasteiger partial charge on any atom is 0.303 e. The first kappa shape index (κ1) is 18.0. The summed E-state index contributed by atoms with van der Waals surface area (Å²) in [5.41, 5.74) is 0.745. The summed E-state index contributed by atoms with van der Waals surface area (Å²) >= 11 is 0. The van der Waals surface area contributed by atoms with E-state index < -0.39 is 5.97 Å². The molecular formula is C16H23NO5. The first-order valence-electron chi connectivity index (χ1n) is 7.47. The molecule has 1 amide bonds. The molecule has 0 aliphatic carbocycles. The van der Waals surface area contributed by atoms with Crippen LogP contribution in [0.1, 0.15) is 54.4 Å². The Kier molecular flexibility index (Phi) is 7.99. The van der Waals surface area contributed by atoms with Crippen molar-refractivity contribution in [2.24, 2.45) is 0 Å². The Bertz CT molecular complexity index is 501. The number of carbonyl (C=O) groups excluding carboxylic acids is 1. The number of aliphatic hydroxyl groups excluding tert-OH is 1. The molecule has 0 aromatic heterocycles. The van der Waals surface area contributed by atoms with Gasteiger partial charge in [-0.15, -0.1) is 0 Å². The Balaban J connectivity index is 2.19. The lowest BCUT2D eigenvalue weighted by atomic mass is 10.1. The van der Waals surface area contributed by atoms with Crippen molar-refractivity contribution in [2.75, 3.05) is 6.54 Å². The number of phenols is 1. The number of unbranched alkanes of at least 4 members (excludes halogenated alkanes) is 4. The lowest BCUT2D eigenvalue weighted by molar-refractivity contribution is -0.137. The van der Waals surface area contributed by atoms with E-state index in [1.54, 1.807) is 6.07 Å². The summed E-state index contributed by atoms with van der Waals surface area (Å²) in [4.78, 5) is 22.2. The molecule has 0 unspecified atom stereocenters. The van der Waals surface area contributed by atoms with E-state index in [0.717, 1.165) is 25.7 Å². The molecule has 0 heterocycles. The maximum absolute atomic E-state index is 11.9. The third-order valence-corrected chi connectivity index (χ3v) is 3.34. The van der Waals surface area contributed by atoms with Crippen molar-refractivity contribution in [3.8, 4) is 5.75 Å². The number of carboxylic acid groups (broad SMARTS) is 1. The minimum Gasteiger partial charge on any atom is -0.507 e. The number of carbonyl (C=O) groups is 2. The molecule has 6 heteroatoms. The number of rotatable bonds is 10. The van der Waals surface area contributed by atoms with Crippen molar-refractivity contribution >= 4 is 11.9 Å². The van der Waals surface area contributed by atoms with E-state index in [2.05, 4.69) is 5.32 Å². The summed E-state index contributed by atoms with van der Waals surface area (Å²) in [6.45, 7) is 0.330. The second-order valence-corrected chi connectivity index (χ2v) is 5.18. The van der Waals surface area contributed by atoms with Gasteiger partial charge in [0.2, 0.25) is 0 Å². The fourth-order valence-corrected chi connectivity index (χ4v) is 2.10. The molecule has 0 aliphatic rings. The minimum absolute atomic E-state index is 0.141. The smallest absolute Gasteiger partial charge is 0.303 e.